The first-order valence-corrected chi connectivity index (χ1v) is 10.1. The van der Waals surface area contributed by atoms with Crippen LogP contribution in [0.15, 0.2) is 94.5 Å². The van der Waals surface area contributed by atoms with Gasteiger partial charge < -0.3 is 0 Å². The second kappa shape index (κ2) is 8.59. The highest BCUT2D eigenvalue weighted by atomic mass is 32.1. The van der Waals surface area contributed by atoms with Crippen LogP contribution in [0.4, 0.5) is 0 Å². The van der Waals surface area contributed by atoms with Crippen LogP contribution in [-0.2, 0) is 0 Å². The average molecular weight is 385 g/mol. The molecule has 0 aliphatic carbocycles. The molecule has 0 unspecified atom stereocenters. The first kappa shape index (κ1) is 18.1. The van der Waals surface area contributed by atoms with Gasteiger partial charge in [-0.15, -0.1) is 11.3 Å². The van der Waals surface area contributed by atoms with Gasteiger partial charge in [0.2, 0.25) is 4.80 Å². The summed E-state index contributed by atoms with van der Waals surface area (Å²) in [5, 5.41) is 6.76. The monoisotopic (exact) mass is 384 g/mol. The molecule has 4 nitrogen and oxygen atoms in total. The van der Waals surface area contributed by atoms with Crippen molar-refractivity contribution in [3.63, 3.8) is 0 Å². The summed E-state index contributed by atoms with van der Waals surface area (Å²) >= 11 is 1.59. The molecule has 2 aromatic carbocycles. The van der Waals surface area contributed by atoms with Gasteiger partial charge >= 0.3 is 0 Å². The van der Waals surface area contributed by atoms with Gasteiger partial charge in [-0.1, -0.05) is 60.7 Å². The molecule has 2 heterocycles. The molecule has 0 aliphatic heterocycles. The third-order valence-corrected chi connectivity index (χ3v) is 5.11. The van der Waals surface area contributed by atoms with E-state index in [-0.39, 0.29) is 0 Å². The van der Waals surface area contributed by atoms with Crippen LogP contribution in [0.3, 0.4) is 0 Å². The van der Waals surface area contributed by atoms with E-state index in [0.717, 1.165) is 21.8 Å². The van der Waals surface area contributed by atoms with E-state index < -0.39 is 0 Å². The Kier molecular flexibility index (Phi) is 5.54. The molecule has 4 aromatic rings. The molecule has 138 valence electrons. The standard InChI is InChI=1S/C23H20N4S/c1-2-24-23-27(26-16-21-10-6-7-15-25-21)22(17-28-23)20-13-11-19(12-14-20)18-8-4-3-5-9-18/h3-17H,2H2,1H3/b24-23?,26-16-. The Hall–Kier alpha value is -3.31. The van der Waals surface area contributed by atoms with Gasteiger partial charge in [0.15, 0.2) is 0 Å². The predicted octanol–water partition coefficient (Wildman–Crippen LogP) is 5.08. The molecule has 0 amide bonds. The number of nitrogens with zero attached hydrogens (tertiary/aromatic N) is 4. The maximum Gasteiger partial charge on any atom is 0.206 e. The molecule has 0 saturated carbocycles. The summed E-state index contributed by atoms with van der Waals surface area (Å²) in [5.41, 5.74) is 5.34. The third kappa shape index (κ3) is 4.00. The van der Waals surface area contributed by atoms with Crippen molar-refractivity contribution < 1.29 is 0 Å². The summed E-state index contributed by atoms with van der Waals surface area (Å²) < 4.78 is 1.89. The predicted molar refractivity (Wildman–Crippen MR) is 117 cm³/mol. The number of aromatic nitrogens is 2. The molecule has 5 heteroatoms. The largest absolute Gasteiger partial charge is 0.258 e. The van der Waals surface area contributed by atoms with Gasteiger partial charge in [0.1, 0.15) is 0 Å². The molecule has 0 radical (unpaired) electrons. The van der Waals surface area contributed by atoms with Crippen molar-refractivity contribution in [1.82, 2.24) is 9.66 Å². The van der Waals surface area contributed by atoms with Crippen LogP contribution in [0, 0.1) is 0 Å². The third-order valence-electron chi connectivity index (χ3n) is 4.26. The lowest BCUT2D eigenvalue weighted by Gasteiger charge is -2.06. The molecule has 0 saturated heterocycles. The van der Waals surface area contributed by atoms with Crippen molar-refractivity contribution in [1.29, 1.82) is 0 Å². The van der Waals surface area contributed by atoms with Crippen LogP contribution in [0.2, 0.25) is 0 Å². The first-order chi connectivity index (χ1) is 13.8. The second-order valence-corrected chi connectivity index (χ2v) is 6.97. The highest BCUT2D eigenvalue weighted by Crippen LogP contribution is 2.25. The van der Waals surface area contributed by atoms with Crippen molar-refractivity contribution >= 4 is 17.6 Å². The quantitative estimate of drug-likeness (QED) is 0.442. The van der Waals surface area contributed by atoms with E-state index in [0.29, 0.717) is 6.54 Å². The normalized spacial score (nSPS) is 12.0. The lowest BCUT2D eigenvalue weighted by Crippen LogP contribution is -2.12. The Labute approximate surface area is 168 Å². The topological polar surface area (TPSA) is 42.5 Å². The molecule has 0 bridgehead atoms. The van der Waals surface area contributed by atoms with Crippen LogP contribution < -0.4 is 4.80 Å². The van der Waals surface area contributed by atoms with E-state index in [1.165, 1.54) is 11.1 Å². The fourth-order valence-corrected chi connectivity index (χ4v) is 3.79. The van der Waals surface area contributed by atoms with Gasteiger partial charge in [-0.3, -0.25) is 9.98 Å². The van der Waals surface area contributed by atoms with Crippen LogP contribution in [0.1, 0.15) is 12.6 Å². The van der Waals surface area contributed by atoms with Gasteiger partial charge in [0.05, 0.1) is 17.6 Å². The Morgan fingerprint density at radius 2 is 1.61 bits per heavy atom. The van der Waals surface area contributed by atoms with Crippen LogP contribution in [0.25, 0.3) is 22.4 Å². The van der Waals surface area contributed by atoms with Gasteiger partial charge in [-0.05, 0) is 30.2 Å². The number of hydrogen-bond acceptors (Lipinski definition) is 4. The number of thiazole rings is 1. The second-order valence-electron chi connectivity index (χ2n) is 6.13. The van der Waals surface area contributed by atoms with Crippen LogP contribution >= 0.6 is 11.3 Å². The zero-order valence-electron chi connectivity index (χ0n) is 15.6. The summed E-state index contributed by atoms with van der Waals surface area (Å²) in [7, 11) is 0. The van der Waals surface area contributed by atoms with E-state index in [2.05, 4.69) is 69.0 Å². The lowest BCUT2D eigenvalue weighted by molar-refractivity contribution is 0.832. The van der Waals surface area contributed by atoms with Gasteiger partial charge in [-0.25, -0.2) is 4.68 Å². The van der Waals surface area contributed by atoms with E-state index in [1.54, 1.807) is 23.7 Å². The maximum atomic E-state index is 4.66. The molecule has 4 rings (SSSR count). The van der Waals surface area contributed by atoms with Gasteiger partial charge in [0.25, 0.3) is 0 Å². The van der Waals surface area contributed by atoms with Crippen molar-refractivity contribution in [3.8, 4) is 22.4 Å². The molecule has 2 aromatic heterocycles. The molecule has 0 atom stereocenters. The summed E-state index contributed by atoms with van der Waals surface area (Å²) in [6, 6.07) is 24.7. The molecule has 0 spiro atoms. The Morgan fingerprint density at radius 3 is 2.32 bits per heavy atom. The zero-order chi connectivity index (χ0) is 19.2. The van der Waals surface area contributed by atoms with E-state index >= 15 is 0 Å². The minimum atomic E-state index is 0.714. The fourth-order valence-electron chi connectivity index (χ4n) is 2.89. The Bertz CT molecular complexity index is 1120. The molecule has 0 aliphatic rings. The SMILES string of the molecule is CCN=c1scc(-c2ccc(-c3ccccc3)cc2)n1/N=C\c1ccccn1. The van der Waals surface area contributed by atoms with E-state index in [4.69, 9.17) is 0 Å². The van der Waals surface area contributed by atoms with E-state index in [1.807, 2.05) is 35.9 Å². The van der Waals surface area contributed by atoms with Gasteiger partial charge in [-0.2, -0.15) is 5.10 Å². The van der Waals surface area contributed by atoms with E-state index in [9.17, 15) is 0 Å². The molecule has 0 fully saturated rings. The molecule has 28 heavy (non-hydrogen) atoms. The minimum absolute atomic E-state index is 0.714. The number of pyridine rings is 1. The summed E-state index contributed by atoms with van der Waals surface area (Å²) in [5.74, 6) is 0. The van der Waals surface area contributed by atoms with Crippen molar-refractivity contribution in [3.05, 3.63) is 94.9 Å². The Balaban J connectivity index is 1.72. The summed E-state index contributed by atoms with van der Waals surface area (Å²) in [6.45, 7) is 2.74. The summed E-state index contributed by atoms with van der Waals surface area (Å²) in [4.78, 5) is 9.76. The highest BCUT2D eigenvalue weighted by molar-refractivity contribution is 7.07. The highest BCUT2D eigenvalue weighted by Gasteiger charge is 2.08. The van der Waals surface area contributed by atoms with Gasteiger partial charge in [0, 0.05) is 23.7 Å². The zero-order valence-corrected chi connectivity index (χ0v) is 16.4. The number of hydrogen-bond donors (Lipinski definition) is 0. The average Bonchev–Trinajstić information content (AvgIpc) is 3.16. The molecular weight excluding hydrogens is 364 g/mol. The fraction of sp³-hybridized carbons (Fsp3) is 0.0870. The number of rotatable bonds is 5. The minimum Gasteiger partial charge on any atom is -0.258 e. The molecule has 0 N–H and O–H groups in total. The van der Waals surface area contributed by atoms with Crippen molar-refractivity contribution in [2.75, 3.05) is 6.54 Å². The first-order valence-electron chi connectivity index (χ1n) is 9.17. The van der Waals surface area contributed by atoms with Crippen molar-refractivity contribution in [2.24, 2.45) is 10.1 Å². The molecular formula is C23H20N4S. The smallest absolute Gasteiger partial charge is 0.206 e. The van der Waals surface area contributed by atoms with Crippen LogP contribution in [-0.4, -0.2) is 22.4 Å². The Morgan fingerprint density at radius 1 is 0.893 bits per heavy atom. The van der Waals surface area contributed by atoms with Crippen LogP contribution in [0.5, 0.6) is 0 Å². The maximum absolute atomic E-state index is 4.66. The lowest BCUT2D eigenvalue weighted by atomic mass is 10.0. The van der Waals surface area contributed by atoms with Crippen molar-refractivity contribution in [2.45, 2.75) is 6.92 Å². The number of benzene rings is 2. The summed E-state index contributed by atoms with van der Waals surface area (Å²) in [6.07, 6.45) is 3.53.